The molecule has 10 rings (SSSR count). The van der Waals surface area contributed by atoms with Crippen LogP contribution in [0.25, 0.3) is 77.2 Å². The molecule has 9 aromatic carbocycles. The van der Waals surface area contributed by atoms with E-state index in [0.29, 0.717) is 0 Å². The van der Waals surface area contributed by atoms with Crippen LogP contribution in [-0.4, -0.2) is 0 Å². The molecule has 0 spiro atoms. The highest BCUT2D eigenvalue weighted by atomic mass is 16.3. The molecule has 0 saturated heterocycles. The molecule has 254 valence electrons. The van der Waals surface area contributed by atoms with Gasteiger partial charge in [0.15, 0.2) is 0 Å². The van der Waals surface area contributed by atoms with Gasteiger partial charge in [0.2, 0.25) is 0 Å². The summed E-state index contributed by atoms with van der Waals surface area (Å²) in [5.74, 6) is 0. The Hall–Kier alpha value is -7.16. The first-order valence-corrected chi connectivity index (χ1v) is 18.4. The van der Waals surface area contributed by atoms with Crippen molar-refractivity contribution in [2.45, 2.75) is 0 Å². The maximum Gasteiger partial charge on any atom is 0.143 e. The van der Waals surface area contributed by atoms with Crippen LogP contribution in [0.15, 0.2) is 217 Å². The zero-order chi connectivity index (χ0) is 35.8. The molecule has 0 amide bonds. The third kappa shape index (κ3) is 5.71. The lowest BCUT2D eigenvalue weighted by molar-refractivity contribution is 0.673. The lowest BCUT2D eigenvalue weighted by Gasteiger charge is -2.28. The van der Waals surface area contributed by atoms with E-state index < -0.39 is 0 Å². The van der Waals surface area contributed by atoms with Gasteiger partial charge < -0.3 is 9.32 Å². The molecule has 0 bridgehead atoms. The van der Waals surface area contributed by atoms with E-state index in [1.165, 1.54) is 38.8 Å². The number of hydrogen-bond donors (Lipinski definition) is 0. The molecule has 1 heterocycles. The standard InChI is InChI=1S/C52H35NO/c1-4-12-36(13-5-1)39-20-22-43(23-21-39)48-34-49-47-33-28-42-18-10-11-19-46(42)52(47)54-51(49)35-50(48)53(44-29-24-40(25-30-44)37-14-6-2-7-15-37)45-31-26-41(27-32-45)38-16-8-3-9-17-38/h1-35H. The maximum atomic E-state index is 6.82. The second kappa shape index (κ2) is 13.4. The lowest BCUT2D eigenvalue weighted by atomic mass is 9.96. The molecule has 0 aliphatic heterocycles. The van der Waals surface area contributed by atoms with E-state index in [1.54, 1.807) is 0 Å². The van der Waals surface area contributed by atoms with E-state index in [-0.39, 0.29) is 0 Å². The number of anilines is 3. The van der Waals surface area contributed by atoms with Crippen LogP contribution in [0.2, 0.25) is 0 Å². The molecule has 0 atom stereocenters. The van der Waals surface area contributed by atoms with E-state index in [0.717, 1.165) is 55.5 Å². The molecule has 0 unspecified atom stereocenters. The molecule has 0 radical (unpaired) electrons. The zero-order valence-electron chi connectivity index (χ0n) is 29.6. The van der Waals surface area contributed by atoms with Crippen molar-refractivity contribution in [3.8, 4) is 44.5 Å². The fraction of sp³-hybridized carbons (Fsp3) is 0. The summed E-state index contributed by atoms with van der Waals surface area (Å²) < 4.78 is 6.82. The molecule has 2 nitrogen and oxygen atoms in total. The van der Waals surface area contributed by atoms with Crippen molar-refractivity contribution in [2.24, 2.45) is 0 Å². The van der Waals surface area contributed by atoms with Gasteiger partial charge in [-0.15, -0.1) is 0 Å². The van der Waals surface area contributed by atoms with Gasteiger partial charge in [0.05, 0.1) is 5.69 Å². The second-order valence-corrected chi connectivity index (χ2v) is 13.7. The Kier molecular flexibility index (Phi) is 7.85. The summed E-state index contributed by atoms with van der Waals surface area (Å²) in [7, 11) is 0. The van der Waals surface area contributed by atoms with Crippen LogP contribution < -0.4 is 4.90 Å². The Bertz CT molecular complexity index is 2790. The van der Waals surface area contributed by atoms with Crippen LogP contribution in [0, 0.1) is 0 Å². The van der Waals surface area contributed by atoms with E-state index in [4.69, 9.17) is 4.42 Å². The summed E-state index contributed by atoms with van der Waals surface area (Å²) in [5.41, 5.74) is 14.3. The van der Waals surface area contributed by atoms with Crippen LogP contribution in [0.4, 0.5) is 17.1 Å². The van der Waals surface area contributed by atoms with Gasteiger partial charge in [0.1, 0.15) is 11.2 Å². The number of fused-ring (bicyclic) bond motifs is 5. The van der Waals surface area contributed by atoms with Gasteiger partial charge in [0.25, 0.3) is 0 Å². The maximum absolute atomic E-state index is 6.82. The molecule has 0 aliphatic carbocycles. The quantitative estimate of drug-likeness (QED) is 0.166. The Morgan fingerprint density at radius 3 is 1.30 bits per heavy atom. The molecule has 10 aromatic rings. The van der Waals surface area contributed by atoms with E-state index in [1.807, 2.05) is 0 Å². The van der Waals surface area contributed by atoms with Crippen molar-refractivity contribution in [1.29, 1.82) is 0 Å². The Morgan fingerprint density at radius 1 is 0.315 bits per heavy atom. The molecular formula is C52H35NO. The Labute approximate surface area is 314 Å². The average Bonchev–Trinajstić information content (AvgIpc) is 3.63. The highest BCUT2D eigenvalue weighted by molar-refractivity contribution is 6.16. The van der Waals surface area contributed by atoms with Crippen molar-refractivity contribution in [3.63, 3.8) is 0 Å². The summed E-state index contributed by atoms with van der Waals surface area (Å²) in [6.07, 6.45) is 0. The van der Waals surface area contributed by atoms with Gasteiger partial charge >= 0.3 is 0 Å². The SMILES string of the molecule is c1ccc(-c2ccc(-c3cc4c(cc3N(c3ccc(-c5ccccc5)cc3)c3ccc(-c5ccccc5)cc3)oc3c5ccccc5ccc43)cc2)cc1. The monoisotopic (exact) mass is 689 g/mol. The normalized spacial score (nSPS) is 11.3. The fourth-order valence-corrected chi connectivity index (χ4v) is 7.72. The molecule has 2 heteroatoms. The van der Waals surface area contributed by atoms with Crippen molar-refractivity contribution >= 4 is 49.8 Å². The van der Waals surface area contributed by atoms with Crippen molar-refractivity contribution in [1.82, 2.24) is 0 Å². The summed E-state index contributed by atoms with van der Waals surface area (Å²) >= 11 is 0. The molecule has 0 saturated carbocycles. The molecule has 0 fully saturated rings. The lowest BCUT2D eigenvalue weighted by Crippen LogP contribution is -2.11. The number of furan rings is 1. The first-order valence-electron chi connectivity index (χ1n) is 18.4. The fourth-order valence-electron chi connectivity index (χ4n) is 7.72. The van der Waals surface area contributed by atoms with E-state index >= 15 is 0 Å². The molecular weight excluding hydrogens is 655 g/mol. The Morgan fingerprint density at radius 2 is 0.759 bits per heavy atom. The molecule has 1 aromatic heterocycles. The summed E-state index contributed by atoms with van der Waals surface area (Å²) in [6.45, 7) is 0. The third-order valence-electron chi connectivity index (χ3n) is 10.5. The molecule has 54 heavy (non-hydrogen) atoms. The van der Waals surface area contributed by atoms with Crippen molar-refractivity contribution < 1.29 is 4.42 Å². The minimum absolute atomic E-state index is 0.854. The van der Waals surface area contributed by atoms with E-state index in [9.17, 15) is 0 Å². The van der Waals surface area contributed by atoms with Gasteiger partial charge in [-0.1, -0.05) is 170 Å². The van der Waals surface area contributed by atoms with Crippen LogP contribution in [0.3, 0.4) is 0 Å². The van der Waals surface area contributed by atoms with Gasteiger partial charge in [-0.05, 0) is 80.7 Å². The number of hydrogen-bond acceptors (Lipinski definition) is 2. The second-order valence-electron chi connectivity index (χ2n) is 13.7. The highest BCUT2D eigenvalue weighted by Crippen LogP contribution is 2.46. The van der Waals surface area contributed by atoms with E-state index in [2.05, 4.69) is 217 Å². The summed E-state index contributed by atoms with van der Waals surface area (Å²) in [4.78, 5) is 2.37. The minimum atomic E-state index is 0.854. The topological polar surface area (TPSA) is 16.4 Å². The summed E-state index contributed by atoms with van der Waals surface area (Å²) in [6, 6.07) is 75.8. The zero-order valence-corrected chi connectivity index (χ0v) is 29.6. The highest BCUT2D eigenvalue weighted by Gasteiger charge is 2.22. The van der Waals surface area contributed by atoms with Crippen LogP contribution in [-0.2, 0) is 0 Å². The minimum Gasteiger partial charge on any atom is -0.455 e. The number of benzene rings is 9. The van der Waals surface area contributed by atoms with Crippen molar-refractivity contribution in [2.75, 3.05) is 4.90 Å². The predicted octanol–water partition coefficient (Wildman–Crippen LogP) is 14.9. The predicted molar refractivity (Wildman–Crippen MR) is 228 cm³/mol. The van der Waals surface area contributed by atoms with Crippen LogP contribution in [0.5, 0.6) is 0 Å². The number of rotatable bonds is 7. The van der Waals surface area contributed by atoms with Gasteiger partial charge in [-0.3, -0.25) is 0 Å². The number of nitrogens with zero attached hydrogens (tertiary/aromatic N) is 1. The average molecular weight is 690 g/mol. The van der Waals surface area contributed by atoms with Crippen molar-refractivity contribution in [3.05, 3.63) is 212 Å². The Balaban J connectivity index is 1.20. The third-order valence-corrected chi connectivity index (χ3v) is 10.5. The van der Waals surface area contributed by atoms with Crippen LogP contribution >= 0.6 is 0 Å². The van der Waals surface area contributed by atoms with Gasteiger partial charge in [-0.2, -0.15) is 0 Å². The first kappa shape index (κ1) is 31.6. The van der Waals surface area contributed by atoms with Gasteiger partial charge in [0, 0.05) is 39.2 Å². The first-order chi connectivity index (χ1) is 26.8. The largest absolute Gasteiger partial charge is 0.455 e. The van der Waals surface area contributed by atoms with Gasteiger partial charge in [-0.25, -0.2) is 0 Å². The van der Waals surface area contributed by atoms with Crippen LogP contribution in [0.1, 0.15) is 0 Å². The molecule has 0 aliphatic rings. The summed E-state index contributed by atoms with van der Waals surface area (Å²) in [5, 5.41) is 4.50. The molecule has 0 N–H and O–H groups in total. The smallest absolute Gasteiger partial charge is 0.143 e.